The summed E-state index contributed by atoms with van der Waals surface area (Å²) in [7, 11) is 0. The third kappa shape index (κ3) is 3.31. The minimum atomic E-state index is -0.997. The van der Waals surface area contributed by atoms with Crippen LogP contribution in [-0.4, -0.2) is 22.1 Å². The van der Waals surface area contributed by atoms with Crippen molar-refractivity contribution in [2.75, 3.05) is 5.43 Å². The Bertz CT molecular complexity index is 581. The van der Waals surface area contributed by atoms with Crippen molar-refractivity contribution < 1.29 is 9.90 Å². The van der Waals surface area contributed by atoms with Gasteiger partial charge in [0.25, 0.3) is 0 Å². The molecule has 2 rings (SSSR count). The molecule has 0 saturated carbocycles. The Labute approximate surface area is 116 Å². The van der Waals surface area contributed by atoms with Crippen LogP contribution in [0.25, 0.3) is 11.1 Å². The standard InChI is InChI=1S/C14H16N4O2/c15-12(14(19)20)7-9-1-3-10(4-2-9)11-5-6-13(18-16)17-8-11/h1-6,8,12H,7,15-16H2,(H,17,18)(H,19,20). The van der Waals surface area contributed by atoms with Crippen LogP contribution in [0.2, 0.25) is 0 Å². The van der Waals surface area contributed by atoms with Gasteiger partial charge in [-0.1, -0.05) is 24.3 Å². The summed E-state index contributed by atoms with van der Waals surface area (Å²) in [5.74, 6) is 4.85. The van der Waals surface area contributed by atoms with Crippen LogP contribution >= 0.6 is 0 Å². The predicted octanol–water partition coefficient (Wildman–Crippen LogP) is 0.989. The number of aromatic nitrogens is 1. The van der Waals surface area contributed by atoms with Crippen LogP contribution in [0, 0.1) is 0 Å². The number of benzene rings is 1. The van der Waals surface area contributed by atoms with Gasteiger partial charge in [0.05, 0.1) is 0 Å². The third-order valence-electron chi connectivity index (χ3n) is 2.97. The maximum atomic E-state index is 10.7. The number of nitrogens with one attached hydrogen (secondary N) is 1. The second-order valence-electron chi connectivity index (χ2n) is 4.42. The van der Waals surface area contributed by atoms with Crippen LogP contribution in [0.1, 0.15) is 5.56 Å². The topological polar surface area (TPSA) is 114 Å². The minimum absolute atomic E-state index is 0.309. The SMILES string of the molecule is NNc1ccc(-c2ccc(CC(N)C(=O)O)cc2)cn1. The summed E-state index contributed by atoms with van der Waals surface area (Å²) in [5, 5.41) is 8.78. The zero-order valence-electron chi connectivity index (χ0n) is 10.8. The lowest BCUT2D eigenvalue weighted by Gasteiger charge is -2.08. The first-order chi connectivity index (χ1) is 9.60. The van der Waals surface area contributed by atoms with E-state index in [1.807, 2.05) is 30.3 Å². The summed E-state index contributed by atoms with van der Waals surface area (Å²) in [6.07, 6.45) is 2.02. The zero-order valence-corrected chi connectivity index (χ0v) is 10.8. The molecule has 0 bridgehead atoms. The van der Waals surface area contributed by atoms with Gasteiger partial charge in [0.1, 0.15) is 11.9 Å². The number of pyridine rings is 1. The number of hydrogen-bond donors (Lipinski definition) is 4. The van der Waals surface area contributed by atoms with Crippen molar-refractivity contribution in [3.8, 4) is 11.1 Å². The van der Waals surface area contributed by atoms with Crippen molar-refractivity contribution >= 4 is 11.8 Å². The molecule has 6 N–H and O–H groups in total. The Morgan fingerprint density at radius 3 is 2.35 bits per heavy atom. The molecular formula is C14H16N4O2. The molecule has 1 aromatic carbocycles. The number of anilines is 1. The first-order valence-electron chi connectivity index (χ1n) is 6.10. The summed E-state index contributed by atoms with van der Waals surface area (Å²) >= 11 is 0. The van der Waals surface area contributed by atoms with Gasteiger partial charge in [-0.15, -0.1) is 0 Å². The number of nitrogens with two attached hydrogens (primary N) is 2. The van der Waals surface area contributed by atoms with E-state index in [9.17, 15) is 4.79 Å². The van der Waals surface area contributed by atoms with Crippen LogP contribution in [0.4, 0.5) is 5.82 Å². The number of rotatable bonds is 5. The Morgan fingerprint density at radius 1 is 1.20 bits per heavy atom. The second-order valence-corrected chi connectivity index (χ2v) is 4.42. The third-order valence-corrected chi connectivity index (χ3v) is 2.97. The number of nitrogen functional groups attached to an aromatic ring is 1. The van der Waals surface area contributed by atoms with Crippen LogP contribution in [0.15, 0.2) is 42.6 Å². The van der Waals surface area contributed by atoms with E-state index in [1.54, 1.807) is 12.3 Å². The van der Waals surface area contributed by atoms with E-state index in [2.05, 4.69) is 10.4 Å². The lowest BCUT2D eigenvalue weighted by Crippen LogP contribution is -2.32. The summed E-state index contributed by atoms with van der Waals surface area (Å²) in [4.78, 5) is 14.8. The van der Waals surface area contributed by atoms with Crippen molar-refractivity contribution in [1.82, 2.24) is 4.98 Å². The lowest BCUT2D eigenvalue weighted by atomic mass is 10.0. The molecule has 104 valence electrons. The molecule has 0 spiro atoms. The summed E-state index contributed by atoms with van der Waals surface area (Å²) < 4.78 is 0. The van der Waals surface area contributed by atoms with E-state index >= 15 is 0 Å². The van der Waals surface area contributed by atoms with Gasteiger partial charge in [-0.05, 0) is 29.7 Å². The zero-order chi connectivity index (χ0) is 14.5. The highest BCUT2D eigenvalue weighted by atomic mass is 16.4. The highest BCUT2D eigenvalue weighted by Crippen LogP contribution is 2.20. The molecule has 0 fully saturated rings. The highest BCUT2D eigenvalue weighted by molar-refractivity contribution is 5.73. The van der Waals surface area contributed by atoms with Crippen LogP contribution in [0.3, 0.4) is 0 Å². The fraction of sp³-hybridized carbons (Fsp3) is 0.143. The van der Waals surface area contributed by atoms with Gasteiger partial charge in [-0.2, -0.15) is 0 Å². The van der Waals surface area contributed by atoms with Gasteiger partial charge in [0.2, 0.25) is 0 Å². The number of hydrazine groups is 1. The highest BCUT2D eigenvalue weighted by Gasteiger charge is 2.11. The van der Waals surface area contributed by atoms with Gasteiger partial charge in [0.15, 0.2) is 0 Å². The Morgan fingerprint density at radius 2 is 1.85 bits per heavy atom. The van der Waals surface area contributed by atoms with E-state index in [1.165, 1.54) is 0 Å². The number of carboxylic acid groups (broad SMARTS) is 1. The monoisotopic (exact) mass is 272 g/mol. The van der Waals surface area contributed by atoms with E-state index < -0.39 is 12.0 Å². The first-order valence-corrected chi connectivity index (χ1v) is 6.10. The van der Waals surface area contributed by atoms with Crippen molar-refractivity contribution in [3.05, 3.63) is 48.2 Å². The molecule has 1 aromatic heterocycles. The summed E-state index contributed by atoms with van der Waals surface area (Å²) in [6.45, 7) is 0. The maximum Gasteiger partial charge on any atom is 0.320 e. The van der Waals surface area contributed by atoms with Crippen LogP contribution in [-0.2, 0) is 11.2 Å². The average molecular weight is 272 g/mol. The molecule has 1 atom stereocenters. The van der Waals surface area contributed by atoms with E-state index in [0.29, 0.717) is 12.2 Å². The van der Waals surface area contributed by atoms with Gasteiger partial charge < -0.3 is 16.3 Å². The Kier molecular flexibility index (Phi) is 4.29. The predicted molar refractivity (Wildman–Crippen MR) is 76.8 cm³/mol. The van der Waals surface area contributed by atoms with Gasteiger partial charge in [-0.25, -0.2) is 10.8 Å². The molecule has 1 heterocycles. The average Bonchev–Trinajstić information content (AvgIpc) is 2.48. The number of nitrogens with zero attached hydrogens (tertiary/aromatic N) is 1. The molecule has 0 aliphatic heterocycles. The van der Waals surface area contributed by atoms with E-state index in [4.69, 9.17) is 16.7 Å². The fourth-order valence-corrected chi connectivity index (χ4v) is 1.82. The molecule has 0 saturated heterocycles. The van der Waals surface area contributed by atoms with Gasteiger partial charge in [-0.3, -0.25) is 4.79 Å². The first kappa shape index (κ1) is 14.0. The number of carboxylic acids is 1. The summed E-state index contributed by atoms with van der Waals surface area (Å²) in [5.41, 5.74) is 10.8. The lowest BCUT2D eigenvalue weighted by molar-refractivity contribution is -0.138. The molecule has 0 radical (unpaired) electrons. The van der Waals surface area contributed by atoms with Crippen molar-refractivity contribution in [1.29, 1.82) is 0 Å². The molecule has 20 heavy (non-hydrogen) atoms. The quantitative estimate of drug-likeness (QED) is 0.476. The van der Waals surface area contributed by atoms with Crippen molar-refractivity contribution in [2.24, 2.45) is 11.6 Å². The van der Waals surface area contributed by atoms with Gasteiger partial charge >= 0.3 is 5.97 Å². The van der Waals surface area contributed by atoms with Crippen LogP contribution < -0.4 is 17.0 Å². The minimum Gasteiger partial charge on any atom is -0.480 e. The normalized spacial score (nSPS) is 11.9. The molecule has 0 aliphatic rings. The molecule has 6 heteroatoms. The molecule has 2 aromatic rings. The van der Waals surface area contributed by atoms with Crippen molar-refractivity contribution in [3.63, 3.8) is 0 Å². The van der Waals surface area contributed by atoms with Crippen molar-refractivity contribution in [2.45, 2.75) is 12.5 Å². The van der Waals surface area contributed by atoms with E-state index in [0.717, 1.165) is 16.7 Å². The molecule has 6 nitrogen and oxygen atoms in total. The second kappa shape index (κ2) is 6.14. The maximum absolute atomic E-state index is 10.7. The number of carbonyl (C=O) groups is 1. The summed E-state index contributed by atoms with van der Waals surface area (Å²) in [6, 6.07) is 10.4. The Hall–Kier alpha value is -2.44. The number of hydrogen-bond acceptors (Lipinski definition) is 5. The largest absolute Gasteiger partial charge is 0.480 e. The fourth-order valence-electron chi connectivity index (χ4n) is 1.82. The molecular weight excluding hydrogens is 256 g/mol. The smallest absolute Gasteiger partial charge is 0.320 e. The number of aliphatic carboxylic acids is 1. The molecule has 0 amide bonds. The van der Waals surface area contributed by atoms with E-state index in [-0.39, 0.29) is 0 Å². The Balaban J connectivity index is 2.12. The molecule has 1 unspecified atom stereocenters. The van der Waals surface area contributed by atoms with Gasteiger partial charge in [0, 0.05) is 11.8 Å². The van der Waals surface area contributed by atoms with Crippen LogP contribution in [0.5, 0.6) is 0 Å². The molecule has 0 aliphatic carbocycles.